The lowest BCUT2D eigenvalue weighted by Crippen LogP contribution is -2.43. The lowest BCUT2D eigenvalue weighted by Gasteiger charge is -2.27. The van der Waals surface area contributed by atoms with Crippen LogP contribution >= 0.6 is 15.9 Å². The molecule has 1 aliphatic heterocycles. The van der Waals surface area contributed by atoms with Crippen LogP contribution in [0.15, 0.2) is 22.8 Å². The third-order valence-electron chi connectivity index (χ3n) is 2.49. The standard InChI is InChI=1S/C11H11BrN2O2/c1-7-4-10(15)14(11(16)5-7)9-3-2-8(12)6-13-9/h2-3,6-7H,4-5H2,1H3. The summed E-state index contributed by atoms with van der Waals surface area (Å²) in [4.78, 5) is 28.7. The molecule has 5 heteroatoms. The number of rotatable bonds is 1. The van der Waals surface area contributed by atoms with Gasteiger partial charge in [0.25, 0.3) is 0 Å². The van der Waals surface area contributed by atoms with Crippen molar-refractivity contribution < 1.29 is 9.59 Å². The summed E-state index contributed by atoms with van der Waals surface area (Å²) in [7, 11) is 0. The van der Waals surface area contributed by atoms with Crippen molar-refractivity contribution in [2.75, 3.05) is 4.90 Å². The molecule has 1 aromatic rings. The lowest BCUT2D eigenvalue weighted by atomic mass is 9.98. The van der Waals surface area contributed by atoms with E-state index in [1.54, 1.807) is 18.3 Å². The molecule has 0 spiro atoms. The van der Waals surface area contributed by atoms with Gasteiger partial charge in [-0.15, -0.1) is 0 Å². The van der Waals surface area contributed by atoms with Crippen LogP contribution in [0.25, 0.3) is 0 Å². The van der Waals surface area contributed by atoms with Crippen molar-refractivity contribution in [3.63, 3.8) is 0 Å². The van der Waals surface area contributed by atoms with E-state index in [1.165, 1.54) is 4.90 Å². The number of anilines is 1. The Labute approximate surface area is 102 Å². The van der Waals surface area contributed by atoms with Crippen LogP contribution in [-0.4, -0.2) is 16.8 Å². The Morgan fingerprint density at radius 2 is 1.94 bits per heavy atom. The van der Waals surface area contributed by atoms with E-state index >= 15 is 0 Å². The Bertz CT molecular complexity index is 412. The van der Waals surface area contributed by atoms with Crippen molar-refractivity contribution in [1.82, 2.24) is 4.98 Å². The first-order chi connectivity index (χ1) is 7.58. The maximum Gasteiger partial charge on any atom is 0.235 e. The van der Waals surface area contributed by atoms with E-state index in [0.717, 1.165) is 4.47 Å². The fraction of sp³-hybridized carbons (Fsp3) is 0.364. The Kier molecular flexibility index (Phi) is 3.05. The molecule has 0 saturated carbocycles. The molecule has 2 rings (SSSR count). The van der Waals surface area contributed by atoms with Gasteiger partial charge in [-0.25, -0.2) is 9.88 Å². The molecule has 1 aliphatic rings. The van der Waals surface area contributed by atoms with Crippen LogP contribution in [0.1, 0.15) is 19.8 Å². The minimum Gasteiger partial charge on any atom is -0.274 e. The Morgan fingerprint density at radius 1 is 1.31 bits per heavy atom. The van der Waals surface area contributed by atoms with Gasteiger partial charge in [0.15, 0.2) is 0 Å². The number of carbonyl (C=O) groups excluding carboxylic acids is 2. The molecule has 84 valence electrons. The number of piperidine rings is 1. The molecule has 0 unspecified atom stereocenters. The molecule has 2 heterocycles. The van der Waals surface area contributed by atoms with Crippen molar-refractivity contribution in [3.8, 4) is 0 Å². The largest absolute Gasteiger partial charge is 0.274 e. The summed E-state index contributed by atoms with van der Waals surface area (Å²) in [5.41, 5.74) is 0. The molecular weight excluding hydrogens is 272 g/mol. The van der Waals surface area contributed by atoms with Gasteiger partial charge in [-0.2, -0.15) is 0 Å². The second-order valence-electron chi connectivity index (χ2n) is 3.97. The van der Waals surface area contributed by atoms with Gasteiger partial charge >= 0.3 is 0 Å². The van der Waals surface area contributed by atoms with E-state index in [9.17, 15) is 9.59 Å². The molecular formula is C11H11BrN2O2. The van der Waals surface area contributed by atoms with E-state index in [-0.39, 0.29) is 17.7 Å². The number of halogens is 1. The van der Waals surface area contributed by atoms with Crippen molar-refractivity contribution >= 4 is 33.6 Å². The Morgan fingerprint density at radius 3 is 2.44 bits per heavy atom. The number of imide groups is 1. The molecule has 0 atom stereocenters. The summed E-state index contributed by atoms with van der Waals surface area (Å²) in [6, 6.07) is 3.43. The van der Waals surface area contributed by atoms with Crippen LogP contribution in [0.4, 0.5) is 5.82 Å². The van der Waals surface area contributed by atoms with Crippen molar-refractivity contribution in [2.24, 2.45) is 5.92 Å². The Hall–Kier alpha value is -1.23. The molecule has 4 nitrogen and oxygen atoms in total. The highest BCUT2D eigenvalue weighted by atomic mass is 79.9. The SMILES string of the molecule is CC1CC(=O)N(c2ccc(Br)cn2)C(=O)C1. The molecule has 0 N–H and O–H groups in total. The number of nitrogens with zero attached hydrogens (tertiary/aromatic N) is 2. The molecule has 1 aromatic heterocycles. The van der Waals surface area contributed by atoms with Crippen LogP contribution in [-0.2, 0) is 9.59 Å². The summed E-state index contributed by atoms with van der Waals surface area (Å²) >= 11 is 3.26. The minimum atomic E-state index is -0.168. The van der Waals surface area contributed by atoms with E-state index in [2.05, 4.69) is 20.9 Å². The molecule has 16 heavy (non-hydrogen) atoms. The molecule has 0 radical (unpaired) electrons. The first-order valence-corrected chi connectivity index (χ1v) is 5.84. The summed E-state index contributed by atoms with van der Waals surface area (Å²) in [6.07, 6.45) is 2.39. The van der Waals surface area contributed by atoms with Gasteiger partial charge in [-0.1, -0.05) is 6.92 Å². The zero-order chi connectivity index (χ0) is 11.7. The fourth-order valence-electron chi connectivity index (χ4n) is 1.75. The highest BCUT2D eigenvalue weighted by Gasteiger charge is 2.32. The predicted octanol–water partition coefficient (Wildman–Crippen LogP) is 2.13. The average Bonchev–Trinajstić information content (AvgIpc) is 2.19. The van der Waals surface area contributed by atoms with Gasteiger partial charge in [0.1, 0.15) is 5.82 Å². The second-order valence-corrected chi connectivity index (χ2v) is 4.89. The normalized spacial score (nSPS) is 18.0. The molecule has 1 saturated heterocycles. The summed E-state index contributed by atoms with van der Waals surface area (Å²) in [6.45, 7) is 1.90. The summed E-state index contributed by atoms with van der Waals surface area (Å²) in [5, 5.41) is 0. The monoisotopic (exact) mass is 282 g/mol. The van der Waals surface area contributed by atoms with Gasteiger partial charge in [-0.3, -0.25) is 9.59 Å². The summed E-state index contributed by atoms with van der Waals surface area (Å²) < 4.78 is 0.821. The number of hydrogen-bond acceptors (Lipinski definition) is 3. The topological polar surface area (TPSA) is 50.3 Å². The van der Waals surface area contributed by atoms with Crippen LogP contribution in [0.3, 0.4) is 0 Å². The molecule has 0 aliphatic carbocycles. The van der Waals surface area contributed by atoms with Gasteiger partial charge in [0.2, 0.25) is 11.8 Å². The first-order valence-electron chi connectivity index (χ1n) is 5.05. The van der Waals surface area contributed by atoms with E-state index in [4.69, 9.17) is 0 Å². The minimum absolute atomic E-state index is 0.131. The van der Waals surface area contributed by atoms with Crippen molar-refractivity contribution in [2.45, 2.75) is 19.8 Å². The van der Waals surface area contributed by atoms with Crippen LogP contribution in [0.5, 0.6) is 0 Å². The quantitative estimate of drug-likeness (QED) is 0.742. The zero-order valence-electron chi connectivity index (χ0n) is 8.81. The number of amides is 2. The van der Waals surface area contributed by atoms with Gasteiger partial charge < -0.3 is 0 Å². The van der Waals surface area contributed by atoms with Crippen LogP contribution < -0.4 is 4.90 Å². The van der Waals surface area contributed by atoms with Gasteiger partial charge in [0, 0.05) is 23.5 Å². The predicted molar refractivity (Wildman–Crippen MR) is 62.8 cm³/mol. The molecule has 0 aromatic carbocycles. The summed E-state index contributed by atoms with van der Waals surface area (Å²) in [5.74, 6) is 0.203. The second kappa shape index (κ2) is 4.33. The molecule has 0 bridgehead atoms. The van der Waals surface area contributed by atoms with E-state index in [1.807, 2.05) is 6.92 Å². The first kappa shape index (κ1) is 11.3. The van der Waals surface area contributed by atoms with Gasteiger partial charge in [-0.05, 0) is 34.0 Å². The highest BCUT2D eigenvalue weighted by Crippen LogP contribution is 2.24. The maximum absolute atomic E-state index is 11.8. The third kappa shape index (κ3) is 2.14. The third-order valence-corrected chi connectivity index (χ3v) is 2.95. The number of hydrogen-bond donors (Lipinski definition) is 0. The molecule has 2 amide bonds. The van der Waals surface area contributed by atoms with Crippen molar-refractivity contribution in [3.05, 3.63) is 22.8 Å². The number of aromatic nitrogens is 1. The van der Waals surface area contributed by atoms with Crippen LogP contribution in [0, 0.1) is 5.92 Å². The van der Waals surface area contributed by atoms with Crippen LogP contribution in [0.2, 0.25) is 0 Å². The lowest BCUT2D eigenvalue weighted by molar-refractivity contribution is -0.130. The Balaban J connectivity index is 2.29. The average molecular weight is 283 g/mol. The highest BCUT2D eigenvalue weighted by molar-refractivity contribution is 9.10. The maximum atomic E-state index is 11.8. The zero-order valence-corrected chi connectivity index (χ0v) is 10.4. The smallest absolute Gasteiger partial charge is 0.235 e. The fourth-order valence-corrected chi connectivity index (χ4v) is 1.98. The van der Waals surface area contributed by atoms with E-state index < -0.39 is 0 Å². The number of pyridine rings is 1. The van der Waals surface area contributed by atoms with Crippen molar-refractivity contribution in [1.29, 1.82) is 0 Å². The molecule has 1 fully saturated rings. The number of carbonyl (C=O) groups is 2. The van der Waals surface area contributed by atoms with Gasteiger partial charge in [0.05, 0.1) is 0 Å². The van der Waals surface area contributed by atoms with E-state index in [0.29, 0.717) is 18.7 Å².